The number of imidazole rings is 1. The summed E-state index contributed by atoms with van der Waals surface area (Å²) in [5.41, 5.74) is 8.72. The van der Waals surface area contributed by atoms with Crippen molar-refractivity contribution in [1.29, 1.82) is 0 Å². The number of aromatic nitrogens is 2. The van der Waals surface area contributed by atoms with Gasteiger partial charge in [-0.2, -0.15) is 0 Å². The summed E-state index contributed by atoms with van der Waals surface area (Å²) in [7, 11) is 0. The van der Waals surface area contributed by atoms with E-state index in [1.165, 1.54) is 56.3 Å². The van der Waals surface area contributed by atoms with E-state index < -0.39 is 0 Å². The second-order valence-electron chi connectivity index (χ2n) is 5.15. The molecule has 2 heterocycles. The van der Waals surface area contributed by atoms with Gasteiger partial charge in [0.1, 0.15) is 5.82 Å². The Morgan fingerprint density at radius 1 is 1.19 bits per heavy atom. The Kier molecular flexibility index (Phi) is 2.72. The third kappa shape index (κ3) is 1.58. The summed E-state index contributed by atoms with van der Waals surface area (Å²) in [4.78, 5) is 4.83. The highest BCUT2D eigenvalue weighted by Gasteiger charge is 2.26. The number of rotatable bonds is 2. The lowest BCUT2D eigenvalue weighted by Gasteiger charge is -2.18. The zero-order valence-corrected chi connectivity index (χ0v) is 9.91. The smallest absolute Gasteiger partial charge is 0.123 e. The maximum Gasteiger partial charge on any atom is 0.123 e. The molecule has 1 aliphatic carbocycles. The van der Waals surface area contributed by atoms with Gasteiger partial charge in [-0.25, -0.2) is 4.98 Å². The third-order valence-electron chi connectivity index (χ3n) is 4.15. The molecule has 1 aromatic rings. The molecule has 0 spiro atoms. The maximum atomic E-state index is 5.80. The predicted octanol–water partition coefficient (Wildman–Crippen LogP) is 2.34. The van der Waals surface area contributed by atoms with Crippen molar-refractivity contribution >= 4 is 0 Å². The molecule has 3 nitrogen and oxygen atoms in total. The van der Waals surface area contributed by atoms with Crippen LogP contribution in [0.3, 0.4) is 0 Å². The van der Waals surface area contributed by atoms with Gasteiger partial charge in [-0.05, 0) is 32.1 Å². The van der Waals surface area contributed by atoms with Crippen molar-refractivity contribution in [2.45, 2.75) is 64.0 Å². The SMILES string of the molecule is NCc1nc(C2CCCC2)c2n1CCCC2. The monoisotopic (exact) mass is 219 g/mol. The van der Waals surface area contributed by atoms with Crippen LogP contribution in [0, 0.1) is 0 Å². The van der Waals surface area contributed by atoms with Crippen LogP contribution in [0.25, 0.3) is 0 Å². The normalized spacial score (nSPS) is 21.3. The summed E-state index contributed by atoms with van der Waals surface area (Å²) < 4.78 is 2.40. The Balaban J connectivity index is 2.00. The predicted molar refractivity (Wildman–Crippen MR) is 64.3 cm³/mol. The zero-order chi connectivity index (χ0) is 11.0. The van der Waals surface area contributed by atoms with E-state index in [1.54, 1.807) is 0 Å². The van der Waals surface area contributed by atoms with Crippen molar-refractivity contribution in [3.63, 3.8) is 0 Å². The topological polar surface area (TPSA) is 43.8 Å². The first-order chi connectivity index (χ1) is 7.90. The molecular weight excluding hydrogens is 198 g/mol. The van der Waals surface area contributed by atoms with Crippen LogP contribution < -0.4 is 5.73 Å². The summed E-state index contributed by atoms with van der Waals surface area (Å²) in [6.07, 6.45) is 9.29. The first-order valence-electron chi connectivity index (χ1n) is 6.68. The fourth-order valence-electron chi connectivity index (χ4n) is 3.33. The van der Waals surface area contributed by atoms with Crippen molar-refractivity contribution in [2.24, 2.45) is 5.73 Å². The minimum Gasteiger partial charge on any atom is -0.331 e. The first-order valence-corrected chi connectivity index (χ1v) is 6.68. The van der Waals surface area contributed by atoms with E-state index in [0.717, 1.165) is 18.3 Å². The van der Waals surface area contributed by atoms with E-state index in [4.69, 9.17) is 10.7 Å². The number of nitrogens with two attached hydrogens (primary N) is 1. The lowest BCUT2D eigenvalue weighted by molar-refractivity contribution is 0.510. The maximum absolute atomic E-state index is 5.80. The summed E-state index contributed by atoms with van der Waals surface area (Å²) in [6.45, 7) is 1.74. The van der Waals surface area contributed by atoms with Crippen LogP contribution in [0.5, 0.6) is 0 Å². The van der Waals surface area contributed by atoms with Crippen LogP contribution in [-0.4, -0.2) is 9.55 Å². The molecule has 3 heteroatoms. The quantitative estimate of drug-likeness (QED) is 0.829. The van der Waals surface area contributed by atoms with Gasteiger partial charge >= 0.3 is 0 Å². The van der Waals surface area contributed by atoms with E-state index in [-0.39, 0.29) is 0 Å². The van der Waals surface area contributed by atoms with Gasteiger partial charge in [0.05, 0.1) is 12.2 Å². The van der Waals surface area contributed by atoms with Gasteiger partial charge in [0.2, 0.25) is 0 Å². The second-order valence-corrected chi connectivity index (χ2v) is 5.15. The molecule has 1 aromatic heterocycles. The van der Waals surface area contributed by atoms with Crippen LogP contribution >= 0.6 is 0 Å². The molecule has 1 saturated carbocycles. The largest absolute Gasteiger partial charge is 0.331 e. The summed E-state index contributed by atoms with van der Waals surface area (Å²) in [6, 6.07) is 0. The van der Waals surface area contributed by atoms with Gasteiger partial charge < -0.3 is 10.3 Å². The minimum absolute atomic E-state index is 0.597. The first kappa shape index (κ1) is 10.3. The van der Waals surface area contributed by atoms with Gasteiger partial charge in [0.15, 0.2) is 0 Å². The van der Waals surface area contributed by atoms with Gasteiger partial charge in [0, 0.05) is 18.2 Å². The van der Waals surface area contributed by atoms with Gasteiger partial charge in [-0.15, -0.1) is 0 Å². The molecule has 0 radical (unpaired) electrons. The fourth-order valence-corrected chi connectivity index (χ4v) is 3.33. The Morgan fingerprint density at radius 3 is 2.75 bits per heavy atom. The molecule has 0 atom stereocenters. The van der Waals surface area contributed by atoms with Gasteiger partial charge in [0.25, 0.3) is 0 Å². The molecular formula is C13H21N3. The van der Waals surface area contributed by atoms with Crippen LogP contribution in [0.2, 0.25) is 0 Å². The highest BCUT2D eigenvalue weighted by atomic mass is 15.1. The third-order valence-corrected chi connectivity index (χ3v) is 4.15. The van der Waals surface area contributed by atoms with E-state index in [2.05, 4.69) is 4.57 Å². The van der Waals surface area contributed by atoms with E-state index in [0.29, 0.717) is 6.54 Å². The molecule has 1 fully saturated rings. The van der Waals surface area contributed by atoms with Crippen molar-refractivity contribution < 1.29 is 0 Å². The number of hydrogen-bond acceptors (Lipinski definition) is 2. The number of nitrogens with zero attached hydrogens (tertiary/aromatic N) is 2. The van der Waals surface area contributed by atoms with Gasteiger partial charge in [-0.3, -0.25) is 0 Å². The molecule has 2 N–H and O–H groups in total. The van der Waals surface area contributed by atoms with Crippen molar-refractivity contribution in [3.05, 3.63) is 17.2 Å². The van der Waals surface area contributed by atoms with E-state index in [1.807, 2.05) is 0 Å². The lowest BCUT2D eigenvalue weighted by Crippen LogP contribution is -2.15. The number of hydrogen-bond donors (Lipinski definition) is 1. The average Bonchev–Trinajstić information content (AvgIpc) is 2.95. The highest BCUT2D eigenvalue weighted by Crippen LogP contribution is 2.37. The molecule has 0 bridgehead atoms. The van der Waals surface area contributed by atoms with Crippen molar-refractivity contribution in [1.82, 2.24) is 9.55 Å². The molecule has 88 valence electrons. The molecule has 0 amide bonds. The fraction of sp³-hybridized carbons (Fsp3) is 0.769. The molecule has 3 rings (SSSR count). The molecule has 16 heavy (non-hydrogen) atoms. The van der Waals surface area contributed by atoms with Crippen molar-refractivity contribution in [3.8, 4) is 0 Å². The van der Waals surface area contributed by atoms with Gasteiger partial charge in [-0.1, -0.05) is 12.8 Å². The van der Waals surface area contributed by atoms with E-state index >= 15 is 0 Å². The molecule has 2 aliphatic rings. The van der Waals surface area contributed by atoms with Crippen LogP contribution in [0.1, 0.15) is 61.7 Å². The van der Waals surface area contributed by atoms with Crippen LogP contribution in [0.15, 0.2) is 0 Å². The minimum atomic E-state index is 0.597. The Morgan fingerprint density at radius 2 is 2.00 bits per heavy atom. The summed E-state index contributed by atoms with van der Waals surface area (Å²) in [5, 5.41) is 0. The molecule has 0 saturated heterocycles. The molecule has 0 aromatic carbocycles. The second kappa shape index (κ2) is 4.21. The standard InChI is InChI=1S/C13H21N3/c14-9-12-15-13(10-5-1-2-6-10)11-7-3-4-8-16(11)12/h10H,1-9,14H2. The molecule has 1 aliphatic heterocycles. The zero-order valence-electron chi connectivity index (χ0n) is 9.91. The summed E-state index contributed by atoms with van der Waals surface area (Å²) >= 11 is 0. The highest BCUT2D eigenvalue weighted by molar-refractivity contribution is 5.23. The van der Waals surface area contributed by atoms with Crippen LogP contribution in [-0.2, 0) is 19.5 Å². The Bertz CT molecular complexity index is 375. The Hall–Kier alpha value is -0.830. The Labute approximate surface area is 97.0 Å². The summed E-state index contributed by atoms with van der Waals surface area (Å²) in [5.74, 6) is 1.86. The lowest BCUT2D eigenvalue weighted by atomic mass is 9.98. The molecule has 0 unspecified atom stereocenters. The number of fused-ring (bicyclic) bond motifs is 1. The van der Waals surface area contributed by atoms with E-state index in [9.17, 15) is 0 Å². The van der Waals surface area contributed by atoms with Crippen LogP contribution in [0.4, 0.5) is 0 Å². The average molecular weight is 219 g/mol. The van der Waals surface area contributed by atoms with Crippen molar-refractivity contribution in [2.75, 3.05) is 0 Å².